The molecule has 5 rings (SSSR count). The van der Waals surface area contributed by atoms with Crippen LogP contribution in [0.2, 0.25) is 5.02 Å². The largest absolute Gasteiger partial charge is 0.375 e. The molecule has 1 heterocycles. The van der Waals surface area contributed by atoms with Crippen molar-refractivity contribution >= 4 is 29.0 Å². The summed E-state index contributed by atoms with van der Waals surface area (Å²) in [7, 11) is 0. The number of benzene rings is 4. The SMILES string of the molecule is O=C(CC1(O)C(=O)N(Cc2ccc(Cl)cc2)c2ccccc21)c1ccc(-c2ccccc2)cc1. The summed E-state index contributed by atoms with van der Waals surface area (Å²) in [4.78, 5) is 28.2. The van der Waals surface area contributed by atoms with E-state index < -0.39 is 11.5 Å². The summed E-state index contributed by atoms with van der Waals surface area (Å²) in [6, 6.07) is 31.4. The fourth-order valence-corrected chi connectivity index (χ4v) is 4.55. The van der Waals surface area contributed by atoms with E-state index >= 15 is 0 Å². The van der Waals surface area contributed by atoms with Crippen LogP contribution in [0.3, 0.4) is 0 Å². The molecule has 4 nitrogen and oxygen atoms in total. The van der Waals surface area contributed by atoms with Crippen LogP contribution in [0.1, 0.15) is 27.9 Å². The Morgan fingerprint density at radius 2 is 1.41 bits per heavy atom. The van der Waals surface area contributed by atoms with Crippen LogP contribution < -0.4 is 4.90 Å². The number of halogens is 1. The Labute approximate surface area is 203 Å². The number of hydrogen-bond acceptors (Lipinski definition) is 3. The first-order valence-electron chi connectivity index (χ1n) is 11.0. The number of rotatable bonds is 6. The van der Waals surface area contributed by atoms with Crippen LogP contribution in [-0.2, 0) is 16.9 Å². The number of ketones is 1. The van der Waals surface area contributed by atoms with Crippen LogP contribution in [0.5, 0.6) is 0 Å². The molecule has 1 aliphatic heterocycles. The molecule has 4 aromatic rings. The lowest BCUT2D eigenvalue weighted by molar-refractivity contribution is -0.136. The van der Waals surface area contributed by atoms with Gasteiger partial charge < -0.3 is 10.0 Å². The van der Waals surface area contributed by atoms with Crippen molar-refractivity contribution < 1.29 is 14.7 Å². The Hall–Kier alpha value is -3.73. The molecule has 0 aliphatic carbocycles. The lowest BCUT2D eigenvalue weighted by Crippen LogP contribution is -2.41. The summed E-state index contributed by atoms with van der Waals surface area (Å²) in [5.74, 6) is -0.795. The first-order valence-corrected chi connectivity index (χ1v) is 11.4. The summed E-state index contributed by atoms with van der Waals surface area (Å²) in [5, 5.41) is 12.1. The summed E-state index contributed by atoms with van der Waals surface area (Å²) in [6.07, 6.45) is -0.329. The van der Waals surface area contributed by atoms with Crippen molar-refractivity contribution in [2.75, 3.05) is 4.90 Å². The number of anilines is 1. The minimum atomic E-state index is -1.92. The molecule has 168 valence electrons. The summed E-state index contributed by atoms with van der Waals surface area (Å²) in [6.45, 7) is 0.273. The second kappa shape index (κ2) is 8.90. The molecular formula is C29H22ClNO3. The lowest BCUT2D eigenvalue weighted by Gasteiger charge is -2.23. The fraction of sp³-hybridized carbons (Fsp3) is 0.103. The van der Waals surface area contributed by atoms with Crippen molar-refractivity contribution in [3.05, 3.63) is 125 Å². The van der Waals surface area contributed by atoms with Crippen LogP contribution in [-0.4, -0.2) is 16.8 Å². The highest BCUT2D eigenvalue weighted by Crippen LogP contribution is 2.43. The standard InChI is InChI=1S/C29H22ClNO3/c30-24-16-10-20(11-17-24)19-31-26-9-5-4-8-25(26)29(34,28(31)33)18-27(32)23-14-12-22(13-15-23)21-6-2-1-3-7-21/h1-17,34H,18-19H2. The molecule has 0 spiro atoms. The van der Waals surface area contributed by atoms with E-state index in [9.17, 15) is 14.7 Å². The fourth-order valence-electron chi connectivity index (χ4n) is 4.42. The van der Waals surface area contributed by atoms with Gasteiger partial charge in [0.25, 0.3) is 5.91 Å². The number of para-hydroxylation sites is 1. The monoisotopic (exact) mass is 467 g/mol. The summed E-state index contributed by atoms with van der Waals surface area (Å²) >= 11 is 5.99. The Morgan fingerprint density at radius 1 is 0.794 bits per heavy atom. The van der Waals surface area contributed by atoms with Gasteiger partial charge in [0.05, 0.1) is 18.7 Å². The first-order chi connectivity index (χ1) is 16.5. The molecule has 0 fully saturated rings. The topological polar surface area (TPSA) is 57.6 Å². The molecule has 0 saturated carbocycles. The highest BCUT2D eigenvalue weighted by Gasteiger charge is 2.50. The minimum absolute atomic E-state index is 0.273. The predicted molar refractivity (Wildman–Crippen MR) is 134 cm³/mol. The van der Waals surface area contributed by atoms with Gasteiger partial charge in [0.15, 0.2) is 11.4 Å². The van der Waals surface area contributed by atoms with Gasteiger partial charge in [-0.05, 0) is 34.9 Å². The van der Waals surface area contributed by atoms with Gasteiger partial charge in [0, 0.05) is 16.1 Å². The number of aliphatic hydroxyl groups is 1. The quantitative estimate of drug-likeness (QED) is 0.353. The predicted octanol–water partition coefficient (Wildman–Crippen LogP) is 6.01. The molecule has 0 bridgehead atoms. The highest BCUT2D eigenvalue weighted by atomic mass is 35.5. The molecule has 4 aromatic carbocycles. The zero-order chi connectivity index (χ0) is 23.7. The van der Waals surface area contributed by atoms with Gasteiger partial charge in [-0.15, -0.1) is 0 Å². The molecule has 1 N–H and O–H groups in total. The molecule has 1 unspecified atom stereocenters. The van der Waals surface area contributed by atoms with Crippen molar-refractivity contribution in [3.63, 3.8) is 0 Å². The second-order valence-corrected chi connectivity index (χ2v) is 8.87. The molecule has 1 amide bonds. The maximum Gasteiger partial charge on any atom is 0.264 e. The van der Waals surface area contributed by atoms with Crippen LogP contribution >= 0.6 is 11.6 Å². The van der Waals surface area contributed by atoms with E-state index in [1.54, 1.807) is 42.5 Å². The Balaban J connectivity index is 1.41. The highest BCUT2D eigenvalue weighted by molar-refractivity contribution is 6.30. The van der Waals surface area contributed by atoms with Gasteiger partial charge in [-0.2, -0.15) is 0 Å². The Kier molecular flexibility index (Phi) is 5.78. The van der Waals surface area contributed by atoms with Crippen molar-refractivity contribution in [1.29, 1.82) is 0 Å². The zero-order valence-electron chi connectivity index (χ0n) is 18.3. The van der Waals surface area contributed by atoms with E-state index in [0.29, 0.717) is 21.8 Å². The number of fused-ring (bicyclic) bond motifs is 1. The third-order valence-corrected chi connectivity index (χ3v) is 6.48. The average Bonchev–Trinajstić information content (AvgIpc) is 3.08. The van der Waals surface area contributed by atoms with Crippen molar-refractivity contribution in [1.82, 2.24) is 0 Å². The first kappa shape index (κ1) is 22.1. The minimum Gasteiger partial charge on any atom is -0.375 e. The van der Waals surface area contributed by atoms with Gasteiger partial charge in [-0.25, -0.2) is 0 Å². The number of Topliss-reactive ketones (excluding diaryl/α,β-unsaturated/α-hetero) is 1. The average molecular weight is 468 g/mol. The van der Waals surface area contributed by atoms with E-state index in [0.717, 1.165) is 16.7 Å². The van der Waals surface area contributed by atoms with Gasteiger partial charge in [-0.1, -0.05) is 96.5 Å². The van der Waals surface area contributed by atoms with Crippen molar-refractivity contribution in [2.45, 2.75) is 18.6 Å². The summed E-state index contributed by atoms with van der Waals surface area (Å²) < 4.78 is 0. The third-order valence-electron chi connectivity index (χ3n) is 6.22. The number of hydrogen-bond donors (Lipinski definition) is 1. The van der Waals surface area contributed by atoms with Crippen molar-refractivity contribution in [2.24, 2.45) is 0 Å². The van der Waals surface area contributed by atoms with E-state index in [1.807, 2.05) is 60.7 Å². The van der Waals surface area contributed by atoms with Gasteiger partial charge in [0.1, 0.15) is 0 Å². The number of carbonyl (C=O) groups excluding carboxylic acids is 2. The summed E-state index contributed by atoms with van der Waals surface area (Å²) in [5.41, 5.74) is 2.51. The van der Waals surface area contributed by atoms with Crippen LogP contribution in [0.4, 0.5) is 5.69 Å². The molecule has 0 saturated heterocycles. The van der Waals surface area contributed by atoms with Crippen LogP contribution in [0.25, 0.3) is 11.1 Å². The molecule has 0 radical (unpaired) electrons. The zero-order valence-corrected chi connectivity index (χ0v) is 19.1. The second-order valence-electron chi connectivity index (χ2n) is 8.44. The molecule has 0 aromatic heterocycles. The Bertz CT molecular complexity index is 1350. The smallest absolute Gasteiger partial charge is 0.264 e. The molecular weight excluding hydrogens is 446 g/mol. The van der Waals surface area contributed by atoms with E-state index in [2.05, 4.69) is 0 Å². The van der Waals surface area contributed by atoms with Gasteiger partial charge in [-0.3, -0.25) is 9.59 Å². The molecule has 5 heteroatoms. The number of amides is 1. The maximum absolute atomic E-state index is 13.5. The van der Waals surface area contributed by atoms with Crippen molar-refractivity contribution in [3.8, 4) is 11.1 Å². The Morgan fingerprint density at radius 3 is 2.12 bits per heavy atom. The third kappa shape index (κ3) is 4.03. The lowest BCUT2D eigenvalue weighted by atomic mass is 9.88. The van der Waals surface area contributed by atoms with Gasteiger partial charge in [0.2, 0.25) is 0 Å². The maximum atomic E-state index is 13.5. The van der Waals surface area contributed by atoms with E-state index in [-0.39, 0.29) is 18.7 Å². The van der Waals surface area contributed by atoms with Gasteiger partial charge >= 0.3 is 0 Å². The van der Waals surface area contributed by atoms with E-state index in [4.69, 9.17) is 11.6 Å². The van der Waals surface area contributed by atoms with Crippen LogP contribution in [0, 0.1) is 0 Å². The van der Waals surface area contributed by atoms with E-state index in [1.165, 1.54) is 4.90 Å². The molecule has 34 heavy (non-hydrogen) atoms. The molecule has 1 atom stereocenters. The number of nitrogens with zero attached hydrogens (tertiary/aromatic N) is 1. The molecule has 1 aliphatic rings. The normalized spacial score (nSPS) is 17.0. The number of carbonyl (C=O) groups is 2. The van der Waals surface area contributed by atoms with Crippen LogP contribution in [0.15, 0.2) is 103 Å².